The van der Waals surface area contributed by atoms with Crippen LogP contribution >= 0.6 is 0 Å². The molecule has 1 atom stereocenters. The van der Waals surface area contributed by atoms with Crippen LogP contribution < -0.4 is 0 Å². The Labute approximate surface area is 205 Å². The molecular formula is C24H28N2O7S2. The van der Waals surface area contributed by atoms with Crippen molar-refractivity contribution in [1.82, 2.24) is 9.21 Å². The number of benzene rings is 2. The maximum atomic E-state index is 13.1. The minimum Gasteiger partial charge on any atom is -0.452 e. The first-order valence-electron chi connectivity index (χ1n) is 11.4. The summed E-state index contributed by atoms with van der Waals surface area (Å²) in [5, 5.41) is 0. The Bertz CT molecular complexity index is 1320. The number of esters is 1. The van der Waals surface area contributed by atoms with Gasteiger partial charge in [-0.2, -0.15) is 4.31 Å². The number of amides is 1. The molecule has 9 nitrogen and oxygen atoms in total. The third-order valence-corrected chi connectivity index (χ3v) is 10.1. The van der Waals surface area contributed by atoms with Crippen LogP contribution in [0.2, 0.25) is 0 Å². The number of nitrogens with zero attached hydrogens (tertiary/aromatic N) is 2. The van der Waals surface area contributed by atoms with E-state index in [2.05, 4.69) is 0 Å². The zero-order chi connectivity index (χ0) is 25.2. The van der Waals surface area contributed by atoms with Gasteiger partial charge in [-0.15, -0.1) is 0 Å². The number of rotatable bonds is 7. The Kier molecular flexibility index (Phi) is 7.30. The van der Waals surface area contributed by atoms with Crippen LogP contribution in [0, 0.1) is 0 Å². The number of hydrogen-bond acceptors (Lipinski definition) is 7. The van der Waals surface area contributed by atoms with Gasteiger partial charge < -0.3 is 9.64 Å². The van der Waals surface area contributed by atoms with Crippen LogP contribution in [0.25, 0.3) is 0 Å². The number of carbonyl (C=O) groups is 2. The van der Waals surface area contributed by atoms with Gasteiger partial charge in [-0.25, -0.2) is 21.6 Å². The van der Waals surface area contributed by atoms with E-state index in [1.807, 2.05) is 24.3 Å². The molecule has 35 heavy (non-hydrogen) atoms. The van der Waals surface area contributed by atoms with Crippen molar-refractivity contribution in [3.05, 3.63) is 65.2 Å². The summed E-state index contributed by atoms with van der Waals surface area (Å²) in [6.45, 7) is 2.20. The predicted octanol–water partition coefficient (Wildman–Crippen LogP) is 1.63. The second-order valence-electron chi connectivity index (χ2n) is 8.69. The van der Waals surface area contributed by atoms with Crippen LogP contribution in [0.15, 0.2) is 53.4 Å². The first-order valence-corrected chi connectivity index (χ1v) is 14.7. The molecule has 1 fully saturated rings. The molecular weight excluding hydrogens is 492 g/mol. The standard InChI is InChI=1S/C24H28N2O7S2/c1-2-26(21-12-14-34(29,30)17-21)23(27)16-33-24(28)19-7-9-22(10-8-19)35(31,32)25-13-11-18-5-3-4-6-20(18)15-25/h3-10,21H,2,11-17H2,1H3/t21-/m0/s1. The summed E-state index contributed by atoms with van der Waals surface area (Å²) in [5.41, 5.74) is 2.23. The summed E-state index contributed by atoms with van der Waals surface area (Å²) in [7, 11) is -6.89. The van der Waals surface area contributed by atoms with Gasteiger partial charge in [0.1, 0.15) is 0 Å². The number of likely N-dealkylation sites (N-methyl/N-ethyl adjacent to an activating group) is 1. The highest BCUT2D eigenvalue weighted by Crippen LogP contribution is 2.25. The summed E-state index contributed by atoms with van der Waals surface area (Å²) in [6, 6.07) is 12.8. The molecule has 0 aromatic heterocycles. The summed E-state index contributed by atoms with van der Waals surface area (Å²) in [4.78, 5) is 26.5. The molecule has 1 amide bonds. The second kappa shape index (κ2) is 10.1. The third kappa shape index (κ3) is 5.57. The van der Waals surface area contributed by atoms with E-state index in [-0.39, 0.29) is 22.0 Å². The first-order chi connectivity index (χ1) is 16.6. The predicted molar refractivity (Wildman–Crippen MR) is 129 cm³/mol. The number of hydrogen-bond donors (Lipinski definition) is 0. The molecule has 4 rings (SSSR count). The minimum absolute atomic E-state index is 0.0421. The van der Waals surface area contributed by atoms with Crippen molar-refractivity contribution in [3.8, 4) is 0 Å². The van der Waals surface area contributed by atoms with Crippen LogP contribution in [0.3, 0.4) is 0 Å². The van der Waals surface area contributed by atoms with Gasteiger partial charge in [0.25, 0.3) is 5.91 Å². The van der Waals surface area contributed by atoms with Crippen molar-refractivity contribution >= 4 is 31.7 Å². The van der Waals surface area contributed by atoms with Crippen LogP contribution in [0.5, 0.6) is 0 Å². The lowest BCUT2D eigenvalue weighted by molar-refractivity contribution is -0.136. The van der Waals surface area contributed by atoms with E-state index in [0.29, 0.717) is 32.5 Å². The Morgan fingerprint density at radius 3 is 2.40 bits per heavy atom. The van der Waals surface area contributed by atoms with Crippen LogP contribution in [0.4, 0.5) is 0 Å². The fraction of sp³-hybridized carbons (Fsp3) is 0.417. The Hall–Kier alpha value is -2.76. The lowest BCUT2D eigenvalue weighted by Gasteiger charge is -2.28. The molecule has 0 unspecified atom stereocenters. The molecule has 2 aliphatic heterocycles. The van der Waals surface area contributed by atoms with Gasteiger partial charge in [0.15, 0.2) is 16.4 Å². The highest BCUT2D eigenvalue weighted by atomic mass is 32.2. The summed E-state index contributed by atoms with van der Waals surface area (Å²) in [6.07, 6.45) is 1.00. The lowest BCUT2D eigenvalue weighted by Crippen LogP contribution is -2.43. The van der Waals surface area contributed by atoms with Gasteiger partial charge in [0.2, 0.25) is 10.0 Å². The van der Waals surface area contributed by atoms with Crippen molar-refractivity contribution < 1.29 is 31.2 Å². The molecule has 2 aliphatic rings. The SMILES string of the molecule is CCN(C(=O)COC(=O)c1ccc(S(=O)(=O)N2CCc3ccccc3C2)cc1)[C@H]1CCS(=O)(=O)C1. The molecule has 0 radical (unpaired) electrons. The first kappa shape index (κ1) is 25.3. The van der Waals surface area contributed by atoms with Crippen LogP contribution in [0.1, 0.15) is 34.8 Å². The average Bonchev–Trinajstić information content (AvgIpc) is 3.21. The monoisotopic (exact) mass is 520 g/mol. The van der Waals surface area contributed by atoms with E-state index < -0.39 is 44.4 Å². The maximum absolute atomic E-state index is 13.1. The van der Waals surface area contributed by atoms with Gasteiger partial charge in [-0.1, -0.05) is 24.3 Å². The molecule has 0 saturated carbocycles. The Balaban J connectivity index is 1.37. The fourth-order valence-corrected chi connectivity index (χ4v) is 7.69. The van der Waals surface area contributed by atoms with E-state index in [1.165, 1.54) is 33.5 Å². The fourth-order valence-electron chi connectivity index (χ4n) is 4.54. The normalized spacial score (nSPS) is 19.6. The van der Waals surface area contributed by atoms with Gasteiger partial charge in [0.05, 0.1) is 22.0 Å². The number of fused-ring (bicyclic) bond motifs is 1. The maximum Gasteiger partial charge on any atom is 0.338 e. The van der Waals surface area contributed by atoms with E-state index in [4.69, 9.17) is 4.74 Å². The van der Waals surface area contributed by atoms with E-state index in [0.717, 1.165) is 11.1 Å². The highest BCUT2D eigenvalue weighted by Gasteiger charge is 2.34. The number of sulfone groups is 1. The topological polar surface area (TPSA) is 118 Å². The molecule has 188 valence electrons. The molecule has 0 N–H and O–H groups in total. The van der Waals surface area contributed by atoms with E-state index >= 15 is 0 Å². The van der Waals surface area contributed by atoms with E-state index in [1.54, 1.807) is 6.92 Å². The largest absolute Gasteiger partial charge is 0.452 e. The number of ether oxygens (including phenoxy) is 1. The van der Waals surface area contributed by atoms with Gasteiger partial charge in [0, 0.05) is 25.7 Å². The molecule has 11 heteroatoms. The van der Waals surface area contributed by atoms with Gasteiger partial charge >= 0.3 is 5.97 Å². The molecule has 0 aliphatic carbocycles. The average molecular weight is 521 g/mol. The molecule has 2 heterocycles. The van der Waals surface area contributed by atoms with Crippen LogP contribution in [-0.4, -0.2) is 75.2 Å². The molecule has 1 saturated heterocycles. The van der Waals surface area contributed by atoms with Gasteiger partial charge in [-0.3, -0.25) is 4.79 Å². The van der Waals surface area contributed by atoms with E-state index in [9.17, 15) is 26.4 Å². The molecule has 2 aromatic carbocycles. The third-order valence-electron chi connectivity index (χ3n) is 6.46. The van der Waals surface area contributed by atoms with Crippen molar-refractivity contribution in [2.75, 3.05) is 31.2 Å². The van der Waals surface area contributed by atoms with Crippen molar-refractivity contribution in [2.45, 2.75) is 37.2 Å². The summed E-state index contributed by atoms with van der Waals surface area (Å²) >= 11 is 0. The zero-order valence-electron chi connectivity index (χ0n) is 19.4. The van der Waals surface area contributed by atoms with Crippen molar-refractivity contribution in [1.29, 1.82) is 0 Å². The van der Waals surface area contributed by atoms with Gasteiger partial charge in [-0.05, 0) is 55.2 Å². The molecule has 2 aromatic rings. The van der Waals surface area contributed by atoms with Crippen molar-refractivity contribution in [2.24, 2.45) is 0 Å². The molecule has 0 bridgehead atoms. The number of carbonyl (C=O) groups excluding carboxylic acids is 2. The molecule has 0 spiro atoms. The highest BCUT2D eigenvalue weighted by molar-refractivity contribution is 7.91. The Morgan fingerprint density at radius 1 is 1.09 bits per heavy atom. The number of sulfonamides is 1. The van der Waals surface area contributed by atoms with Crippen LogP contribution in [-0.2, 0) is 42.4 Å². The quantitative estimate of drug-likeness (QED) is 0.509. The second-order valence-corrected chi connectivity index (χ2v) is 12.9. The Morgan fingerprint density at radius 2 is 1.77 bits per heavy atom. The lowest BCUT2D eigenvalue weighted by atomic mass is 10.0. The zero-order valence-corrected chi connectivity index (χ0v) is 21.1. The van der Waals surface area contributed by atoms with Crippen molar-refractivity contribution in [3.63, 3.8) is 0 Å². The smallest absolute Gasteiger partial charge is 0.338 e. The summed E-state index contributed by atoms with van der Waals surface area (Å²) in [5.74, 6) is -1.27. The summed E-state index contributed by atoms with van der Waals surface area (Å²) < 4.78 is 56.2. The minimum atomic E-state index is -3.74.